The number of aldehydes is 2. The lowest BCUT2D eigenvalue weighted by molar-refractivity contribution is -0.121. The molecule has 5 N–H and O–H groups in total. The van der Waals surface area contributed by atoms with E-state index in [9.17, 15) is 19.2 Å². The average molecular weight is 833 g/mol. The summed E-state index contributed by atoms with van der Waals surface area (Å²) in [4.78, 5) is 64.4. The summed E-state index contributed by atoms with van der Waals surface area (Å²) in [6.45, 7) is 6.84. The molecular formula is C46H60N10O5. The van der Waals surface area contributed by atoms with Crippen LogP contribution in [0.1, 0.15) is 79.3 Å². The van der Waals surface area contributed by atoms with E-state index in [1.807, 2.05) is 36.4 Å². The summed E-state index contributed by atoms with van der Waals surface area (Å²) >= 11 is 0. The van der Waals surface area contributed by atoms with Gasteiger partial charge in [-0.1, -0.05) is 12.2 Å². The number of piperazine rings is 1. The van der Waals surface area contributed by atoms with Gasteiger partial charge in [0.15, 0.2) is 0 Å². The van der Waals surface area contributed by atoms with Crippen molar-refractivity contribution in [2.45, 2.75) is 82.5 Å². The number of fused-ring (bicyclic) bond motifs is 1. The highest BCUT2D eigenvalue weighted by Crippen LogP contribution is 2.32. The molecule has 2 atom stereocenters. The number of carbonyl (C=O) groups excluding carboxylic acids is 4. The van der Waals surface area contributed by atoms with Crippen LogP contribution in [0.4, 0.5) is 17.3 Å². The summed E-state index contributed by atoms with van der Waals surface area (Å²) in [5.74, 6) is 2.36. The van der Waals surface area contributed by atoms with E-state index in [4.69, 9.17) is 15.9 Å². The smallest absolute Gasteiger partial charge is 0.255 e. The Hall–Kier alpha value is -5.67. The van der Waals surface area contributed by atoms with E-state index in [1.165, 1.54) is 6.33 Å². The van der Waals surface area contributed by atoms with E-state index in [-0.39, 0.29) is 36.1 Å². The Kier molecular flexibility index (Phi) is 14.4. The van der Waals surface area contributed by atoms with Crippen LogP contribution in [0.3, 0.4) is 0 Å². The second-order valence-corrected chi connectivity index (χ2v) is 16.9. The molecule has 61 heavy (non-hydrogen) atoms. The minimum Gasteiger partial charge on any atom is -0.458 e. The first-order valence-corrected chi connectivity index (χ1v) is 21.7. The summed E-state index contributed by atoms with van der Waals surface area (Å²) in [6.07, 6.45) is 22.2. The third kappa shape index (κ3) is 10.6. The first-order chi connectivity index (χ1) is 29.6. The van der Waals surface area contributed by atoms with Crippen LogP contribution in [-0.2, 0) is 25.7 Å². The van der Waals surface area contributed by atoms with Gasteiger partial charge in [-0.15, -0.1) is 0 Å². The predicted molar refractivity (Wildman–Crippen MR) is 236 cm³/mol. The van der Waals surface area contributed by atoms with Crippen LogP contribution in [0, 0.1) is 17.2 Å². The van der Waals surface area contributed by atoms with E-state index in [2.05, 4.69) is 60.6 Å². The van der Waals surface area contributed by atoms with Gasteiger partial charge < -0.3 is 50.8 Å². The number of hydrogen-bond acceptors (Lipinski definition) is 13. The minimum absolute atomic E-state index is 0.121. The lowest BCUT2D eigenvalue weighted by atomic mass is 9.86. The number of aromatic nitrogens is 2. The van der Waals surface area contributed by atoms with Gasteiger partial charge in [-0.05, 0) is 106 Å². The van der Waals surface area contributed by atoms with Gasteiger partial charge in [0.2, 0.25) is 5.91 Å². The zero-order valence-corrected chi connectivity index (χ0v) is 35.4. The van der Waals surface area contributed by atoms with Crippen molar-refractivity contribution >= 4 is 47.4 Å². The molecule has 3 aliphatic heterocycles. The Morgan fingerprint density at radius 1 is 1.03 bits per heavy atom. The Balaban J connectivity index is 0.000000184. The zero-order valence-electron chi connectivity index (χ0n) is 35.4. The van der Waals surface area contributed by atoms with Crippen molar-refractivity contribution in [2.75, 3.05) is 69.3 Å². The van der Waals surface area contributed by atoms with Crippen molar-refractivity contribution in [2.24, 2.45) is 11.8 Å². The highest BCUT2D eigenvalue weighted by molar-refractivity contribution is 6.08. The number of nitrogens with one attached hydrogen (secondary N) is 3. The number of rotatable bonds is 14. The number of benzene rings is 1. The highest BCUT2D eigenvalue weighted by atomic mass is 16.5. The Morgan fingerprint density at radius 2 is 1.80 bits per heavy atom. The van der Waals surface area contributed by atoms with Gasteiger partial charge in [0.25, 0.3) is 5.91 Å². The number of allylic oxidation sites excluding steroid dienone is 6. The molecule has 15 heteroatoms. The molecule has 15 nitrogen and oxygen atoms in total. The number of amides is 2. The van der Waals surface area contributed by atoms with Gasteiger partial charge in [-0.3, -0.25) is 14.5 Å². The van der Waals surface area contributed by atoms with Crippen LogP contribution >= 0.6 is 0 Å². The summed E-state index contributed by atoms with van der Waals surface area (Å²) in [5.41, 5.74) is 9.90. The van der Waals surface area contributed by atoms with Crippen LogP contribution in [-0.4, -0.2) is 126 Å². The van der Waals surface area contributed by atoms with Gasteiger partial charge in [0, 0.05) is 94.5 Å². The maximum atomic E-state index is 12.8. The van der Waals surface area contributed by atoms with Crippen LogP contribution in [0.2, 0.25) is 0 Å². The Morgan fingerprint density at radius 3 is 2.46 bits per heavy atom. The van der Waals surface area contributed by atoms with Crippen molar-refractivity contribution in [1.29, 1.82) is 5.41 Å². The first kappa shape index (κ1) is 43.4. The van der Waals surface area contributed by atoms with Gasteiger partial charge >= 0.3 is 0 Å². The molecule has 1 saturated carbocycles. The number of nitrogens with two attached hydrogens (primary N) is 1. The third-order valence-electron chi connectivity index (χ3n) is 12.7. The second kappa shape index (κ2) is 20.3. The van der Waals surface area contributed by atoms with Crippen molar-refractivity contribution in [3.05, 3.63) is 89.2 Å². The summed E-state index contributed by atoms with van der Waals surface area (Å²) < 4.78 is 5.92. The van der Waals surface area contributed by atoms with Gasteiger partial charge in [-0.25, -0.2) is 9.97 Å². The van der Waals surface area contributed by atoms with Crippen LogP contribution < -0.4 is 21.3 Å². The van der Waals surface area contributed by atoms with Gasteiger partial charge in [-0.2, -0.15) is 0 Å². The van der Waals surface area contributed by atoms with Crippen LogP contribution in [0.15, 0.2) is 72.5 Å². The number of nitrogen functional groups attached to an aromatic ring is 1. The molecule has 324 valence electrons. The number of ether oxygens (including phenoxy) is 1. The fourth-order valence-corrected chi connectivity index (χ4v) is 8.98. The van der Waals surface area contributed by atoms with E-state index in [0.717, 1.165) is 113 Å². The molecular weight excluding hydrogens is 773 g/mol. The molecule has 6 aliphatic rings. The van der Waals surface area contributed by atoms with Crippen molar-refractivity contribution in [3.8, 4) is 0 Å². The lowest BCUT2D eigenvalue weighted by Crippen LogP contribution is -2.61. The quantitative estimate of drug-likeness (QED) is 0.155. The number of carbonyl (C=O) groups is 4. The van der Waals surface area contributed by atoms with Crippen molar-refractivity contribution in [3.63, 3.8) is 0 Å². The number of likely N-dealkylation sites (tertiary alicyclic amines) is 1. The van der Waals surface area contributed by atoms with Crippen molar-refractivity contribution < 1.29 is 23.9 Å². The Bertz CT molecular complexity index is 2060. The molecule has 8 rings (SSSR count). The Labute approximate surface area is 358 Å². The molecule has 2 aromatic rings. The third-order valence-corrected chi connectivity index (χ3v) is 12.7. The number of hydrogen-bond donors (Lipinski definition) is 4. The van der Waals surface area contributed by atoms with E-state index >= 15 is 0 Å². The molecule has 3 fully saturated rings. The number of anilines is 3. The van der Waals surface area contributed by atoms with E-state index in [0.29, 0.717) is 53.9 Å². The largest absolute Gasteiger partial charge is 0.458 e. The molecule has 1 aromatic carbocycles. The van der Waals surface area contributed by atoms with Crippen molar-refractivity contribution in [1.82, 2.24) is 30.0 Å². The monoisotopic (exact) mass is 832 g/mol. The van der Waals surface area contributed by atoms with Crippen LogP contribution in [0.5, 0.6) is 0 Å². The molecule has 2 saturated heterocycles. The lowest BCUT2D eigenvalue weighted by Gasteiger charge is -2.47. The molecule has 0 spiro atoms. The summed E-state index contributed by atoms with van der Waals surface area (Å²) in [5, 5.41) is 14.8. The summed E-state index contributed by atoms with van der Waals surface area (Å²) in [6, 6.07) is 6.35. The normalized spacial score (nSPS) is 23.4. The predicted octanol–water partition coefficient (Wildman–Crippen LogP) is 4.48. The molecule has 3 aliphatic carbocycles. The molecule has 0 radical (unpaired) electrons. The molecule has 1 aromatic heterocycles. The second-order valence-electron chi connectivity index (χ2n) is 16.9. The fourth-order valence-electron chi connectivity index (χ4n) is 8.98. The number of nitrogens with zero attached hydrogens (tertiary/aromatic N) is 6. The maximum absolute atomic E-state index is 12.8. The van der Waals surface area contributed by atoms with Gasteiger partial charge in [0.1, 0.15) is 42.1 Å². The minimum atomic E-state index is -0.574. The summed E-state index contributed by atoms with van der Waals surface area (Å²) in [7, 11) is 3.73. The highest BCUT2D eigenvalue weighted by Gasteiger charge is 2.35. The molecule has 2 amide bonds. The standard InChI is InChI=1S/C24H29N5O2.C22H31N5O3/c25-22(17-8-12-20(13-9-17)31-19-4-2-1-3-5-19)21-23(26)27-15-28-24(21)29-18-10-6-16(14-30)7-11-18;1-23-21(29)6-4-18(15-28)27-12-16-11-17(3-5-20(16)22(27)30)25-7-9-26(10-8-25)19-13-24(2)14-19/h2,4-5,8,12-18,25H,1,3,6-7,9-11H2,(H3,26,27,28,29);3,5,11,15,18-19H,4,6-10,12-14H2,1-2H3,(H,23,29). The van der Waals surface area contributed by atoms with Crippen LogP contribution in [0.25, 0.3) is 0 Å². The number of likely N-dealkylation sites (N-methyl/N-ethyl adjacent to an activating group) is 1. The van der Waals surface area contributed by atoms with Gasteiger partial charge in [0.05, 0.1) is 17.3 Å². The SMILES string of the molecule is CNC(=O)CCC(C=O)N1Cc2cc(N3CCN(C4CN(C)C4)CC3)ccc2C1=O.N=C(c1c(N)ncnc1NC1CCC(C=O)CC1)C1C=CC(OC2=CCCC=C2)=CC1. The molecule has 2 unspecified atom stereocenters. The first-order valence-electron chi connectivity index (χ1n) is 21.7. The average Bonchev–Trinajstić information content (AvgIpc) is 3.61. The molecule has 0 bridgehead atoms. The topological polar surface area (TPSA) is 190 Å². The fraction of sp³-hybridized carbons (Fsp3) is 0.500. The van der Waals surface area contributed by atoms with E-state index < -0.39 is 6.04 Å². The molecule has 4 heterocycles. The zero-order chi connectivity index (χ0) is 42.9. The maximum Gasteiger partial charge on any atom is 0.255 e. The van der Waals surface area contributed by atoms with E-state index in [1.54, 1.807) is 11.9 Å².